The second kappa shape index (κ2) is 9.03. The lowest BCUT2D eigenvalue weighted by atomic mass is 9.43. The number of ketones is 1. The van der Waals surface area contributed by atoms with E-state index in [1.54, 1.807) is 0 Å². The number of ether oxygens (including phenoxy) is 2. The van der Waals surface area contributed by atoms with Gasteiger partial charge < -0.3 is 14.6 Å². The molecule has 0 heterocycles. The topological polar surface area (TPSA) is 107 Å². The number of fused-ring (bicyclic) bond motifs is 5. The highest BCUT2D eigenvalue weighted by atomic mass is 16.5. The van der Waals surface area contributed by atoms with Gasteiger partial charge in [0.25, 0.3) is 12.9 Å². The Morgan fingerprint density at radius 3 is 2.55 bits per heavy atom. The van der Waals surface area contributed by atoms with Crippen LogP contribution in [0, 0.1) is 46.3 Å². The standard InChI is InChI=1S/C26H38O7/c1-15(4-7-23(30)31)18-5-6-19-24-20(12-22(33-14-28)26(18,19)3)25(2)9-8-17(29)10-16(25)11-21(24)32-13-27/h13-16,18-22,24H,4-12H2,1-3H3,(H,30,31)/t15-,16+,18?,19+,20+,21-,22+,24?,25+,26-/m1/s1. The summed E-state index contributed by atoms with van der Waals surface area (Å²) in [4.78, 5) is 46.6. The minimum Gasteiger partial charge on any atom is -0.481 e. The van der Waals surface area contributed by atoms with Crippen LogP contribution in [0.1, 0.15) is 78.6 Å². The number of carboxylic acid groups (broad SMARTS) is 1. The van der Waals surface area contributed by atoms with Crippen molar-refractivity contribution in [3.8, 4) is 0 Å². The summed E-state index contributed by atoms with van der Waals surface area (Å²) < 4.78 is 11.5. The van der Waals surface area contributed by atoms with E-state index in [1.807, 2.05) is 0 Å². The summed E-state index contributed by atoms with van der Waals surface area (Å²) >= 11 is 0. The molecule has 0 spiro atoms. The molecule has 7 heteroatoms. The first-order chi connectivity index (χ1) is 15.7. The number of aliphatic carboxylic acids is 1. The zero-order valence-electron chi connectivity index (χ0n) is 20.0. The molecule has 184 valence electrons. The Kier molecular flexibility index (Phi) is 6.62. The molecular weight excluding hydrogens is 424 g/mol. The van der Waals surface area contributed by atoms with Crippen LogP contribution in [0.25, 0.3) is 0 Å². The maximum atomic E-state index is 12.3. The Morgan fingerprint density at radius 1 is 1.15 bits per heavy atom. The third-order valence-corrected chi connectivity index (χ3v) is 10.6. The number of carbonyl (C=O) groups is 4. The van der Waals surface area contributed by atoms with Crippen LogP contribution in [-0.4, -0.2) is 42.0 Å². The van der Waals surface area contributed by atoms with E-state index in [1.165, 1.54) is 0 Å². The Hall–Kier alpha value is -1.92. The second-order valence-corrected chi connectivity index (χ2v) is 11.7. The highest BCUT2D eigenvalue weighted by molar-refractivity contribution is 5.79. The first-order valence-electron chi connectivity index (χ1n) is 12.6. The SMILES string of the molecule is C[C@H](CCC(=O)O)C1CC[C@H]2C3[C@H](OC=O)C[C@@H]4CC(=O)CC[C@]4(C)[C@H]3C[C@H](OC=O)[C@]12C. The third-order valence-electron chi connectivity index (χ3n) is 10.6. The molecule has 0 amide bonds. The van der Waals surface area contributed by atoms with Crippen LogP contribution in [0.15, 0.2) is 0 Å². The van der Waals surface area contributed by atoms with E-state index in [9.17, 15) is 24.3 Å². The quantitative estimate of drug-likeness (QED) is 0.543. The fraction of sp³-hybridized carbons (Fsp3) is 0.846. The van der Waals surface area contributed by atoms with Gasteiger partial charge in [-0.25, -0.2) is 0 Å². The van der Waals surface area contributed by atoms with E-state index in [0.29, 0.717) is 45.0 Å². The number of Topliss-reactive ketones (excluding diaryl/α,β-unsaturated/α-hetero) is 1. The van der Waals surface area contributed by atoms with Gasteiger partial charge in [-0.05, 0) is 73.5 Å². The molecule has 4 rings (SSSR count). The Labute approximate surface area is 196 Å². The minimum absolute atomic E-state index is 0.0415. The zero-order valence-corrected chi connectivity index (χ0v) is 20.0. The summed E-state index contributed by atoms with van der Waals surface area (Å²) in [5.74, 6) is 0.705. The first-order valence-corrected chi connectivity index (χ1v) is 12.6. The fourth-order valence-electron chi connectivity index (χ4n) is 8.93. The summed E-state index contributed by atoms with van der Waals surface area (Å²) in [6.07, 6.45) is 5.53. The zero-order chi connectivity index (χ0) is 24.0. The minimum atomic E-state index is -0.788. The van der Waals surface area contributed by atoms with Gasteiger partial charge in [-0.1, -0.05) is 20.8 Å². The number of hydrogen-bond acceptors (Lipinski definition) is 6. The molecule has 4 saturated carbocycles. The summed E-state index contributed by atoms with van der Waals surface area (Å²) in [5, 5.41) is 9.20. The van der Waals surface area contributed by atoms with Crippen molar-refractivity contribution in [1.29, 1.82) is 0 Å². The maximum absolute atomic E-state index is 12.3. The van der Waals surface area contributed by atoms with Crippen molar-refractivity contribution in [2.45, 2.75) is 90.8 Å². The normalized spacial score (nSPS) is 45.2. The van der Waals surface area contributed by atoms with Gasteiger partial charge in [0.15, 0.2) is 0 Å². The van der Waals surface area contributed by atoms with Crippen molar-refractivity contribution < 1.29 is 33.8 Å². The van der Waals surface area contributed by atoms with Crippen LogP contribution < -0.4 is 0 Å². The predicted molar refractivity (Wildman–Crippen MR) is 119 cm³/mol. The molecule has 1 N–H and O–H groups in total. The Bertz CT molecular complexity index is 796. The van der Waals surface area contributed by atoms with Gasteiger partial charge in [0.1, 0.15) is 18.0 Å². The Balaban J connectivity index is 1.71. The Morgan fingerprint density at radius 2 is 1.88 bits per heavy atom. The molecule has 4 aliphatic rings. The maximum Gasteiger partial charge on any atom is 0.303 e. The van der Waals surface area contributed by atoms with Crippen molar-refractivity contribution in [3.63, 3.8) is 0 Å². The molecule has 2 unspecified atom stereocenters. The van der Waals surface area contributed by atoms with E-state index in [0.717, 1.165) is 19.3 Å². The van der Waals surface area contributed by atoms with Gasteiger partial charge >= 0.3 is 5.97 Å². The van der Waals surface area contributed by atoms with Crippen LogP contribution in [0.2, 0.25) is 0 Å². The molecule has 0 saturated heterocycles. The van der Waals surface area contributed by atoms with Crippen LogP contribution in [0.4, 0.5) is 0 Å². The van der Waals surface area contributed by atoms with Crippen molar-refractivity contribution in [2.24, 2.45) is 46.3 Å². The van der Waals surface area contributed by atoms with Gasteiger partial charge in [0, 0.05) is 30.6 Å². The van der Waals surface area contributed by atoms with Crippen molar-refractivity contribution in [3.05, 3.63) is 0 Å². The molecule has 0 aromatic carbocycles. The van der Waals surface area contributed by atoms with Crippen LogP contribution in [-0.2, 0) is 28.7 Å². The van der Waals surface area contributed by atoms with Gasteiger partial charge in [0.2, 0.25) is 0 Å². The first kappa shape index (κ1) is 24.2. The summed E-state index contributed by atoms with van der Waals surface area (Å²) in [5.41, 5.74) is -0.335. The van der Waals surface area contributed by atoms with Gasteiger partial charge in [-0.3, -0.25) is 19.2 Å². The van der Waals surface area contributed by atoms with Gasteiger partial charge in [-0.2, -0.15) is 0 Å². The molecule has 0 aliphatic heterocycles. The molecule has 0 aromatic heterocycles. The van der Waals surface area contributed by atoms with E-state index < -0.39 is 5.97 Å². The smallest absolute Gasteiger partial charge is 0.303 e. The van der Waals surface area contributed by atoms with E-state index in [2.05, 4.69) is 20.8 Å². The van der Waals surface area contributed by atoms with Gasteiger partial charge in [0.05, 0.1) is 0 Å². The lowest BCUT2D eigenvalue weighted by molar-refractivity contribution is -0.212. The number of hydrogen-bond donors (Lipinski definition) is 1. The molecule has 33 heavy (non-hydrogen) atoms. The molecular formula is C26H38O7. The van der Waals surface area contributed by atoms with Crippen molar-refractivity contribution in [2.75, 3.05) is 0 Å². The fourth-order valence-corrected chi connectivity index (χ4v) is 8.93. The molecule has 0 aromatic rings. The molecule has 0 bridgehead atoms. The number of carboxylic acids is 1. The largest absolute Gasteiger partial charge is 0.481 e. The lowest BCUT2D eigenvalue weighted by Gasteiger charge is -2.63. The summed E-state index contributed by atoms with van der Waals surface area (Å²) in [6.45, 7) is 7.75. The van der Waals surface area contributed by atoms with E-state index in [4.69, 9.17) is 9.47 Å². The second-order valence-electron chi connectivity index (χ2n) is 11.7. The van der Waals surface area contributed by atoms with Crippen LogP contribution in [0.3, 0.4) is 0 Å². The van der Waals surface area contributed by atoms with Crippen molar-refractivity contribution in [1.82, 2.24) is 0 Å². The average molecular weight is 463 g/mol. The molecule has 10 atom stereocenters. The summed E-state index contributed by atoms with van der Waals surface area (Å²) in [6, 6.07) is 0. The van der Waals surface area contributed by atoms with Gasteiger partial charge in [-0.15, -0.1) is 0 Å². The monoisotopic (exact) mass is 462 g/mol. The molecule has 7 nitrogen and oxygen atoms in total. The van der Waals surface area contributed by atoms with E-state index in [-0.39, 0.29) is 70.7 Å². The lowest BCUT2D eigenvalue weighted by Crippen LogP contribution is -2.63. The summed E-state index contributed by atoms with van der Waals surface area (Å²) in [7, 11) is 0. The molecule has 4 aliphatic carbocycles. The highest BCUT2D eigenvalue weighted by Gasteiger charge is 2.67. The molecule has 0 radical (unpaired) electrons. The van der Waals surface area contributed by atoms with Crippen LogP contribution in [0.5, 0.6) is 0 Å². The molecule has 4 fully saturated rings. The number of carbonyl (C=O) groups excluding carboxylic acids is 3. The van der Waals surface area contributed by atoms with Crippen molar-refractivity contribution >= 4 is 24.7 Å². The average Bonchev–Trinajstić information content (AvgIpc) is 3.12. The third kappa shape index (κ3) is 3.89. The number of rotatable bonds is 8. The van der Waals surface area contributed by atoms with Crippen LogP contribution >= 0.6 is 0 Å². The predicted octanol–water partition coefficient (Wildman–Crippen LogP) is 4.02. The van der Waals surface area contributed by atoms with E-state index >= 15 is 0 Å². The highest BCUT2D eigenvalue weighted by Crippen LogP contribution is 2.69.